The van der Waals surface area contributed by atoms with E-state index in [0.717, 1.165) is 12.1 Å². The number of nitrogens with one attached hydrogen (secondary N) is 2. The SMILES string of the molecule is NC(=NO)c1ccc(CNC(=O)[C@H]2NCC3CC32)cc1. The minimum absolute atomic E-state index is 0.0172. The maximum Gasteiger partial charge on any atom is 0.237 e. The summed E-state index contributed by atoms with van der Waals surface area (Å²) in [5.41, 5.74) is 7.13. The molecule has 6 heteroatoms. The highest BCUT2D eigenvalue weighted by atomic mass is 16.4. The number of nitrogens with zero attached hydrogens (tertiary/aromatic N) is 1. The molecule has 2 fully saturated rings. The van der Waals surface area contributed by atoms with Crippen LogP contribution in [0.5, 0.6) is 0 Å². The lowest BCUT2D eigenvalue weighted by molar-refractivity contribution is -0.123. The van der Waals surface area contributed by atoms with Crippen LogP contribution in [0.4, 0.5) is 0 Å². The predicted molar refractivity (Wildman–Crippen MR) is 74.2 cm³/mol. The fraction of sp³-hybridized carbons (Fsp3) is 0.429. The Morgan fingerprint density at radius 1 is 1.45 bits per heavy atom. The van der Waals surface area contributed by atoms with Crippen molar-refractivity contribution in [3.05, 3.63) is 35.4 Å². The summed E-state index contributed by atoms with van der Waals surface area (Å²) in [6.45, 7) is 1.46. The Morgan fingerprint density at radius 3 is 2.75 bits per heavy atom. The molecule has 3 rings (SSSR count). The molecule has 3 atom stereocenters. The van der Waals surface area contributed by atoms with Gasteiger partial charge in [0.05, 0.1) is 6.04 Å². The molecule has 2 aliphatic rings. The number of oxime groups is 1. The predicted octanol–water partition coefficient (Wildman–Crippen LogP) is 0.00520. The van der Waals surface area contributed by atoms with Gasteiger partial charge in [-0.25, -0.2) is 0 Å². The normalized spacial score (nSPS) is 28.0. The van der Waals surface area contributed by atoms with Gasteiger partial charge < -0.3 is 21.6 Å². The summed E-state index contributed by atoms with van der Waals surface area (Å²) in [7, 11) is 0. The van der Waals surface area contributed by atoms with Crippen LogP contribution in [0, 0.1) is 11.8 Å². The Hall–Kier alpha value is -2.08. The van der Waals surface area contributed by atoms with Crippen molar-refractivity contribution in [2.75, 3.05) is 6.54 Å². The molecule has 0 spiro atoms. The van der Waals surface area contributed by atoms with Crippen LogP contribution in [0.2, 0.25) is 0 Å². The molecular weight excluding hydrogens is 256 g/mol. The molecule has 1 aliphatic heterocycles. The molecule has 1 aliphatic carbocycles. The number of carbonyl (C=O) groups excluding carboxylic acids is 1. The van der Waals surface area contributed by atoms with Crippen LogP contribution in [0.25, 0.3) is 0 Å². The van der Waals surface area contributed by atoms with Crippen LogP contribution in [0.3, 0.4) is 0 Å². The minimum Gasteiger partial charge on any atom is -0.409 e. The Morgan fingerprint density at radius 2 is 2.20 bits per heavy atom. The second-order valence-electron chi connectivity index (χ2n) is 5.45. The zero-order valence-corrected chi connectivity index (χ0v) is 11.0. The Bertz CT molecular complexity index is 541. The molecule has 1 amide bonds. The molecule has 5 N–H and O–H groups in total. The fourth-order valence-corrected chi connectivity index (χ4v) is 2.78. The first-order chi connectivity index (χ1) is 9.69. The monoisotopic (exact) mass is 274 g/mol. The van der Waals surface area contributed by atoms with Gasteiger partial charge in [0.2, 0.25) is 5.91 Å². The third-order valence-corrected chi connectivity index (χ3v) is 4.11. The lowest BCUT2D eigenvalue weighted by Crippen LogP contribution is -2.42. The molecule has 0 aromatic heterocycles. The number of amides is 1. The number of piperidine rings is 1. The molecule has 1 heterocycles. The van der Waals surface area contributed by atoms with Crippen LogP contribution in [0.1, 0.15) is 17.5 Å². The lowest BCUT2D eigenvalue weighted by Gasteiger charge is -2.13. The second kappa shape index (κ2) is 5.13. The van der Waals surface area contributed by atoms with Crippen molar-refractivity contribution < 1.29 is 10.0 Å². The van der Waals surface area contributed by atoms with Crippen LogP contribution in [-0.2, 0) is 11.3 Å². The molecule has 106 valence electrons. The van der Waals surface area contributed by atoms with Gasteiger partial charge in [-0.15, -0.1) is 0 Å². The van der Waals surface area contributed by atoms with Crippen LogP contribution < -0.4 is 16.4 Å². The first-order valence-corrected chi connectivity index (χ1v) is 6.77. The summed E-state index contributed by atoms with van der Waals surface area (Å²) in [5, 5.41) is 17.7. The number of rotatable bonds is 4. The van der Waals surface area contributed by atoms with E-state index in [4.69, 9.17) is 10.9 Å². The number of fused-ring (bicyclic) bond motifs is 1. The van der Waals surface area contributed by atoms with Gasteiger partial charge in [0.15, 0.2) is 5.84 Å². The standard InChI is InChI=1S/C14H18N4O2/c15-13(18-20)9-3-1-8(2-4-9)6-17-14(19)12-11-5-10(11)7-16-12/h1-4,10-12,16,20H,5-7H2,(H2,15,18)(H,17,19)/t10?,11?,12-/m0/s1. The van der Waals surface area contributed by atoms with E-state index in [-0.39, 0.29) is 17.8 Å². The molecule has 1 saturated heterocycles. The van der Waals surface area contributed by atoms with Gasteiger partial charge >= 0.3 is 0 Å². The molecular formula is C14H18N4O2. The first-order valence-electron chi connectivity index (χ1n) is 6.77. The molecule has 2 unspecified atom stereocenters. The van der Waals surface area contributed by atoms with Gasteiger partial charge in [-0.3, -0.25) is 4.79 Å². The van der Waals surface area contributed by atoms with Gasteiger partial charge in [-0.1, -0.05) is 29.4 Å². The average Bonchev–Trinajstić information content (AvgIpc) is 3.15. The van der Waals surface area contributed by atoms with E-state index < -0.39 is 0 Å². The summed E-state index contributed by atoms with van der Waals surface area (Å²) in [4.78, 5) is 12.0. The number of carbonyl (C=O) groups is 1. The topological polar surface area (TPSA) is 99.7 Å². The van der Waals surface area contributed by atoms with Gasteiger partial charge in [-0.05, 0) is 30.4 Å². The van der Waals surface area contributed by atoms with Gasteiger partial charge in [0.25, 0.3) is 0 Å². The largest absolute Gasteiger partial charge is 0.409 e. The van der Waals surface area contributed by atoms with Crippen molar-refractivity contribution in [1.82, 2.24) is 10.6 Å². The molecule has 1 aromatic carbocycles. The number of hydrogen-bond acceptors (Lipinski definition) is 4. The van der Waals surface area contributed by atoms with E-state index in [0.29, 0.717) is 23.9 Å². The second-order valence-corrected chi connectivity index (χ2v) is 5.45. The third kappa shape index (κ3) is 2.46. The van der Waals surface area contributed by atoms with E-state index in [1.54, 1.807) is 12.1 Å². The lowest BCUT2D eigenvalue weighted by atomic mass is 10.1. The van der Waals surface area contributed by atoms with E-state index in [2.05, 4.69) is 15.8 Å². The van der Waals surface area contributed by atoms with Gasteiger partial charge in [0, 0.05) is 12.1 Å². The van der Waals surface area contributed by atoms with E-state index in [1.165, 1.54) is 6.42 Å². The summed E-state index contributed by atoms with van der Waals surface area (Å²) in [6.07, 6.45) is 1.18. The third-order valence-electron chi connectivity index (χ3n) is 4.11. The van der Waals surface area contributed by atoms with Crippen LogP contribution in [0.15, 0.2) is 29.4 Å². The quantitative estimate of drug-likeness (QED) is 0.269. The summed E-state index contributed by atoms with van der Waals surface area (Å²) < 4.78 is 0. The van der Waals surface area contributed by atoms with E-state index in [9.17, 15) is 4.79 Å². The van der Waals surface area contributed by atoms with Crippen molar-refractivity contribution in [3.8, 4) is 0 Å². The summed E-state index contributed by atoms with van der Waals surface area (Å²) in [6, 6.07) is 7.23. The Kier molecular flexibility index (Phi) is 3.31. The molecule has 20 heavy (non-hydrogen) atoms. The maximum absolute atomic E-state index is 12.0. The number of hydrogen-bond donors (Lipinski definition) is 4. The number of benzene rings is 1. The smallest absolute Gasteiger partial charge is 0.237 e. The van der Waals surface area contributed by atoms with E-state index in [1.807, 2.05) is 12.1 Å². The fourth-order valence-electron chi connectivity index (χ4n) is 2.78. The highest BCUT2D eigenvalue weighted by Crippen LogP contribution is 2.44. The Balaban J connectivity index is 1.54. The van der Waals surface area contributed by atoms with Crippen molar-refractivity contribution in [2.45, 2.75) is 19.0 Å². The van der Waals surface area contributed by atoms with Crippen molar-refractivity contribution in [3.63, 3.8) is 0 Å². The zero-order chi connectivity index (χ0) is 14.1. The van der Waals surface area contributed by atoms with E-state index >= 15 is 0 Å². The molecule has 6 nitrogen and oxygen atoms in total. The molecule has 1 aromatic rings. The highest BCUT2D eigenvalue weighted by molar-refractivity contribution is 5.96. The van der Waals surface area contributed by atoms with Crippen molar-refractivity contribution in [1.29, 1.82) is 0 Å². The molecule has 0 radical (unpaired) electrons. The molecule has 1 saturated carbocycles. The average molecular weight is 274 g/mol. The molecule has 0 bridgehead atoms. The number of amidine groups is 1. The number of nitrogens with two attached hydrogens (primary N) is 1. The zero-order valence-electron chi connectivity index (χ0n) is 11.0. The van der Waals surface area contributed by atoms with Gasteiger partial charge in [0.1, 0.15) is 0 Å². The summed E-state index contributed by atoms with van der Waals surface area (Å²) in [5.74, 6) is 1.41. The van der Waals surface area contributed by atoms with Crippen molar-refractivity contribution in [2.24, 2.45) is 22.7 Å². The first kappa shape index (κ1) is 12.9. The van der Waals surface area contributed by atoms with Crippen LogP contribution in [-0.4, -0.2) is 29.5 Å². The summed E-state index contributed by atoms with van der Waals surface area (Å²) >= 11 is 0. The Labute approximate surface area is 117 Å². The highest BCUT2D eigenvalue weighted by Gasteiger charge is 2.50. The van der Waals surface area contributed by atoms with Crippen molar-refractivity contribution >= 4 is 11.7 Å². The van der Waals surface area contributed by atoms with Gasteiger partial charge in [-0.2, -0.15) is 0 Å². The minimum atomic E-state index is -0.0172. The van der Waals surface area contributed by atoms with Crippen LogP contribution >= 0.6 is 0 Å². The maximum atomic E-state index is 12.0.